The van der Waals surface area contributed by atoms with Crippen LogP contribution < -0.4 is 5.32 Å². The Balaban J connectivity index is 1.35. The maximum atomic E-state index is 12.7. The summed E-state index contributed by atoms with van der Waals surface area (Å²) in [6.07, 6.45) is 1.92. The van der Waals surface area contributed by atoms with Crippen molar-refractivity contribution in [1.82, 2.24) is 29.7 Å². The summed E-state index contributed by atoms with van der Waals surface area (Å²) in [7, 11) is 1.72. The minimum atomic E-state index is 0.0714. The predicted octanol–water partition coefficient (Wildman–Crippen LogP) is 1.80. The normalized spacial score (nSPS) is 15.2. The summed E-state index contributed by atoms with van der Waals surface area (Å²) in [4.78, 5) is 20.8. The van der Waals surface area contributed by atoms with Gasteiger partial charge in [-0.25, -0.2) is 0 Å². The first-order chi connectivity index (χ1) is 14.1. The number of nitrogens with zero attached hydrogens (tertiary/aromatic N) is 6. The van der Waals surface area contributed by atoms with E-state index in [1.807, 2.05) is 62.9 Å². The number of halogens is 1. The lowest BCUT2D eigenvalue weighted by Crippen LogP contribution is -2.54. The molecule has 1 aliphatic heterocycles. The molecule has 1 fully saturated rings. The monoisotopic (exact) mass is 411 g/mol. The van der Waals surface area contributed by atoms with Crippen LogP contribution in [-0.2, 0) is 17.9 Å². The summed E-state index contributed by atoms with van der Waals surface area (Å²) >= 11 is 5.93. The van der Waals surface area contributed by atoms with Crippen molar-refractivity contribution in [3.05, 3.63) is 65.1 Å². The smallest absolute Gasteiger partial charge is 0.242 e. The van der Waals surface area contributed by atoms with Gasteiger partial charge in [0.15, 0.2) is 17.4 Å². The SMILES string of the molecule is CN=C(NCc1nnc2ccccn12)N1CCN(Cc2ccc(Cl)cc2)C(=O)C1. The van der Waals surface area contributed by atoms with Crippen molar-refractivity contribution in [2.75, 3.05) is 26.7 Å². The number of nitrogens with one attached hydrogen (secondary N) is 1. The summed E-state index contributed by atoms with van der Waals surface area (Å²) in [6, 6.07) is 13.4. The van der Waals surface area contributed by atoms with Crippen LogP contribution in [0, 0.1) is 0 Å². The Morgan fingerprint density at radius 2 is 2.00 bits per heavy atom. The third kappa shape index (κ3) is 4.32. The first kappa shape index (κ1) is 19.2. The van der Waals surface area contributed by atoms with Gasteiger partial charge in [-0.2, -0.15) is 0 Å². The van der Waals surface area contributed by atoms with Crippen LogP contribution >= 0.6 is 11.6 Å². The number of hydrogen-bond donors (Lipinski definition) is 1. The summed E-state index contributed by atoms with van der Waals surface area (Å²) in [5.41, 5.74) is 1.86. The Morgan fingerprint density at radius 3 is 2.76 bits per heavy atom. The van der Waals surface area contributed by atoms with Crippen LogP contribution in [0.15, 0.2) is 53.7 Å². The van der Waals surface area contributed by atoms with Gasteiger partial charge >= 0.3 is 0 Å². The Labute approximate surface area is 173 Å². The number of hydrogen-bond acceptors (Lipinski definition) is 4. The van der Waals surface area contributed by atoms with E-state index >= 15 is 0 Å². The minimum Gasteiger partial charge on any atom is -0.349 e. The van der Waals surface area contributed by atoms with Crippen molar-refractivity contribution in [1.29, 1.82) is 0 Å². The van der Waals surface area contributed by atoms with Crippen LogP contribution in [-0.4, -0.2) is 62.9 Å². The van der Waals surface area contributed by atoms with Gasteiger partial charge in [0, 0.05) is 37.9 Å². The van der Waals surface area contributed by atoms with Crippen LogP contribution in [0.1, 0.15) is 11.4 Å². The molecule has 1 aliphatic rings. The molecule has 0 radical (unpaired) electrons. The van der Waals surface area contributed by atoms with Crippen molar-refractivity contribution in [3.8, 4) is 0 Å². The van der Waals surface area contributed by atoms with Gasteiger partial charge in [0.2, 0.25) is 5.91 Å². The zero-order valence-electron chi connectivity index (χ0n) is 16.1. The molecule has 4 rings (SSSR count). The lowest BCUT2D eigenvalue weighted by Gasteiger charge is -2.36. The Bertz CT molecular complexity index is 1030. The molecule has 0 saturated carbocycles. The van der Waals surface area contributed by atoms with Gasteiger partial charge in [0.1, 0.15) is 0 Å². The average Bonchev–Trinajstić information content (AvgIpc) is 3.15. The topological polar surface area (TPSA) is 78.1 Å². The maximum Gasteiger partial charge on any atom is 0.242 e. The molecule has 0 aliphatic carbocycles. The largest absolute Gasteiger partial charge is 0.349 e. The summed E-state index contributed by atoms with van der Waals surface area (Å²) in [6.45, 7) is 2.68. The summed E-state index contributed by atoms with van der Waals surface area (Å²) in [5.74, 6) is 1.54. The second kappa shape index (κ2) is 8.48. The number of carbonyl (C=O) groups is 1. The molecule has 0 bridgehead atoms. The molecular formula is C20H22ClN7O. The molecule has 1 saturated heterocycles. The zero-order chi connectivity index (χ0) is 20.2. The van der Waals surface area contributed by atoms with Crippen molar-refractivity contribution in [2.24, 2.45) is 4.99 Å². The fourth-order valence-electron chi connectivity index (χ4n) is 3.37. The average molecular weight is 412 g/mol. The standard InChI is InChI=1S/C20H22ClN7O/c1-22-20(23-12-18-25-24-17-4-2-3-9-28(17)18)27-11-10-26(19(29)14-27)13-15-5-7-16(21)8-6-15/h2-9H,10-14H2,1H3,(H,22,23). The van der Waals surface area contributed by atoms with E-state index in [1.165, 1.54) is 0 Å². The number of guanidine groups is 1. The molecule has 0 unspecified atom stereocenters. The highest BCUT2D eigenvalue weighted by molar-refractivity contribution is 6.30. The number of carbonyl (C=O) groups excluding carboxylic acids is 1. The number of piperazine rings is 1. The van der Waals surface area contributed by atoms with Crippen LogP contribution in [0.25, 0.3) is 5.65 Å². The quantitative estimate of drug-likeness (QED) is 0.523. The van der Waals surface area contributed by atoms with Gasteiger partial charge < -0.3 is 15.1 Å². The van der Waals surface area contributed by atoms with Crippen molar-refractivity contribution < 1.29 is 4.79 Å². The highest BCUT2D eigenvalue weighted by Crippen LogP contribution is 2.14. The third-order valence-electron chi connectivity index (χ3n) is 4.91. The van der Waals surface area contributed by atoms with E-state index in [-0.39, 0.29) is 12.5 Å². The second-order valence-electron chi connectivity index (χ2n) is 6.81. The molecule has 2 aromatic heterocycles. The van der Waals surface area contributed by atoms with Crippen LogP contribution in [0.2, 0.25) is 5.02 Å². The number of rotatable bonds is 4. The Kier molecular flexibility index (Phi) is 5.62. The van der Waals surface area contributed by atoms with E-state index < -0.39 is 0 Å². The molecule has 9 heteroatoms. The first-order valence-corrected chi connectivity index (χ1v) is 9.78. The first-order valence-electron chi connectivity index (χ1n) is 9.40. The fourth-order valence-corrected chi connectivity index (χ4v) is 3.49. The third-order valence-corrected chi connectivity index (χ3v) is 5.16. The number of benzene rings is 1. The van der Waals surface area contributed by atoms with Gasteiger partial charge in [-0.3, -0.25) is 14.2 Å². The molecule has 150 valence electrons. The molecule has 3 aromatic rings. The number of aliphatic imine (C=N–C) groups is 1. The molecule has 1 N–H and O–H groups in total. The van der Waals surface area contributed by atoms with Gasteiger partial charge in [-0.05, 0) is 29.8 Å². The van der Waals surface area contributed by atoms with Crippen LogP contribution in [0.4, 0.5) is 0 Å². The van der Waals surface area contributed by atoms with Gasteiger partial charge in [0.25, 0.3) is 0 Å². The number of amides is 1. The lowest BCUT2D eigenvalue weighted by molar-refractivity contribution is -0.135. The summed E-state index contributed by atoms with van der Waals surface area (Å²) < 4.78 is 1.93. The van der Waals surface area contributed by atoms with E-state index in [2.05, 4.69) is 20.5 Å². The Hall–Kier alpha value is -3.13. The van der Waals surface area contributed by atoms with Crippen LogP contribution in [0.3, 0.4) is 0 Å². The van der Waals surface area contributed by atoms with E-state index in [1.54, 1.807) is 7.05 Å². The summed E-state index contributed by atoms with van der Waals surface area (Å²) in [5, 5.41) is 12.4. The predicted molar refractivity (Wildman–Crippen MR) is 112 cm³/mol. The molecule has 1 amide bonds. The van der Waals surface area contributed by atoms with E-state index in [4.69, 9.17) is 11.6 Å². The van der Waals surface area contributed by atoms with E-state index in [0.717, 1.165) is 17.0 Å². The second-order valence-corrected chi connectivity index (χ2v) is 7.25. The van der Waals surface area contributed by atoms with Gasteiger partial charge in [-0.15, -0.1) is 10.2 Å². The lowest BCUT2D eigenvalue weighted by atomic mass is 10.2. The van der Waals surface area contributed by atoms with Crippen molar-refractivity contribution in [2.45, 2.75) is 13.1 Å². The molecule has 0 atom stereocenters. The van der Waals surface area contributed by atoms with Gasteiger partial charge in [0.05, 0.1) is 13.1 Å². The molecular weight excluding hydrogens is 390 g/mol. The van der Waals surface area contributed by atoms with Crippen LogP contribution in [0.5, 0.6) is 0 Å². The van der Waals surface area contributed by atoms with E-state index in [0.29, 0.717) is 37.2 Å². The molecule has 29 heavy (non-hydrogen) atoms. The fraction of sp³-hybridized carbons (Fsp3) is 0.300. The highest BCUT2D eigenvalue weighted by atomic mass is 35.5. The van der Waals surface area contributed by atoms with Crippen molar-refractivity contribution in [3.63, 3.8) is 0 Å². The van der Waals surface area contributed by atoms with Gasteiger partial charge in [-0.1, -0.05) is 29.8 Å². The Morgan fingerprint density at radius 1 is 1.17 bits per heavy atom. The van der Waals surface area contributed by atoms with E-state index in [9.17, 15) is 4.79 Å². The maximum absolute atomic E-state index is 12.7. The number of fused-ring (bicyclic) bond motifs is 1. The molecule has 0 spiro atoms. The zero-order valence-corrected chi connectivity index (χ0v) is 16.9. The highest BCUT2D eigenvalue weighted by Gasteiger charge is 2.26. The molecule has 3 heterocycles. The molecule has 8 nitrogen and oxygen atoms in total. The molecule has 1 aromatic carbocycles. The van der Waals surface area contributed by atoms with Crippen molar-refractivity contribution >= 4 is 29.1 Å². The number of aromatic nitrogens is 3. The number of pyridine rings is 1. The minimum absolute atomic E-state index is 0.0714.